The van der Waals surface area contributed by atoms with Crippen LogP contribution in [0.25, 0.3) is 60.9 Å². The molecule has 2 aliphatic rings. The first-order valence-corrected chi connectivity index (χ1v) is 24.1. The van der Waals surface area contributed by atoms with Crippen molar-refractivity contribution in [2.75, 3.05) is 9.80 Å². The average molecular weight is 1080 g/mol. The zero-order valence-electron chi connectivity index (χ0n) is 40.1. The molecule has 7 heteroatoms. The molecule has 12 rings (SSSR count). The van der Waals surface area contributed by atoms with Crippen LogP contribution in [0.1, 0.15) is 82.5 Å². The largest absolute Gasteiger partial charge is 0.493 e. The van der Waals surface area contributed by atoms with E-state index in [0.29, 0.717) is 6.42 Å². The second-order valence-electron chi connectivity index (χ2n) is 20.7. The van der Waals surface area contributed by atoms with Crippen LogP contribution in [-0.2, 0) is 51.3 Å². The summed E-state index contributed by atoms with van der Waals surface area (Å²) in [6.07, 6.45) is 5.95. The SMILES string of the molecule is CC(C)(C)c1ccnc(-n2c3[c-]c(Cc4[c-]c(N5[CH-]N(c6c(-c7ccccc7)cc(C(C)(C)C)cc6-c6ccccc6)c6cc7c(cc65)nc5n7CCCC5)ccc4)ccc3c3ccccc32)c1.[Pt]. The standard InChI is InChI=1S/C62H55N6.Pt/c1-61(2,3)45-29-30-63-59(37-45)68-53-25-14-13-24-48(53)49-28-27-42(34-54(49)68)32-41-18-17-23-47(33-41)66-40-67(57-39-55-52(38-56(57)66)64-58-26-15-16-31-65(55)58)60-50(43-19-9-7-10-20-43)35-46(62(4,5)6)36-51(60)44-21-11-8-12-22-44;/h7-14,17-25,27-30,35-40H,15-16,26,31-32H2,1-6H3;/q-3;. The molecular formula is C62H55N6Pt-3. The van der Waals surface area contributed by atoms with Crippen LogP contribution in [0.3, 0.4) is 0 Å². The monoisotopic (exact) mass is 1080 g/mol. The van der Waals surface area contributed by atoms with E-state index in [-0.39, 0.29) is 31.9 Å². The molecule has 0 saturated carbocycles. The van der Waals surface area contributed by atoms with Crippen LogP contribution in [0, 0.1) is 18.8 Å². The van der Waals surface area contributed by atoms with Crippen LogP contribution in [0.4, 0.5) is 22.7 Å². The fourth-order valence-electron chi connectivity index (χ4n) is 10.4. The number of fused-ring (bicyclic) bond motifs is 7. The fourth-order valence-corrected chi connectivity index (χ4v) is 10.4. The molecule has 5 heterocycles. The van der Waals surface area contributed by atoms with E-state index in [4.69, 9.17) is 9.97 Å². The number of aryl methyl sites for hydroxylation is 2. The number of hydrogen-bond donors (Lipinski definition) is 0. The quantitative estimate of drug-likeness (QED) is 0.149. The van der Waals surface area contributed by atoms with E-state index in [0.717, 1.165) is 75.6 Å². The number of rotatable bonds is 7. The van der Waals surface area contributed by atoms with E-state index in [9.17, 15) is 0 Å². The second kappa shape index (κ2) is 17.3. The van der Waals surface area contributed by atoms with Crippen molar-refractivity contribution < 1.29 is 21.1 Å². The summed E-state index contributed by atoms with van der Waals surface area (Å²) in [6.45, 7) is 17.0. The number of pyridine rings is 1. The molecule has 0 N–H and O–H groups in total. The Morgan fingerprint density at radius 2 is 1.28 bits per heavy atom. The Hall–Kier alpha value is -6.75. The maximum atomic E-state index is 5.27. The Balaban J connectivity index is 0.00000520. The van der Waals surface area contributed by atoms with Crippen molar-refractivity contribution in [1.29, 1.82) is 0 Å². The molecule has 0 atom stereocenters. The zero-order chi connectivity index (χ0) is 46.3. The third-order valence-corrected chi connectivity index (χ3v) is 14.1. The summed E-state index contributed by atoms with van der Waals surface area (Å²) in [7, 11) is 0. The normalized spacial score (nSPS) is 13.8. The fraction of sp³-hybridized carbons (Fsp3) is 0.210. The predicted molar refractivity (Wildman–Crippen MR) is 281 cm³/mol. The van der Waals surface area contributed by atoms with Gasteiger partial charge in [-0.2, -0.15) is 53.6 Å². The Bertz CT molecular complexity index is 3490. The summed E-state index contributed by atoms with van der Waals surface area (Å²) in [5, 5.41) is 2.36. The van der Waals surface area contributed by atoms with E-state index in [1.165, 1.54) is 61.9 Å². The molecular weight excluding hydrogens is 1020 g/mol. The van der Waals surface area contributed by atoms with Gasteiger partial charge in [-0.05, 0) is 100 Å². The Morgan fingerprint density at radius 3 is 2.00 bits per heavy atom. The molecule has 0 aliphatic carbocycles. The Morgan fingerprint density at radius 1 is 0.594 bits per heavy atom. The van der Waals surface area contributed by atoms with Crippen molar-refractivity contribution in [2.45, 2.75) is 84.6 Å². The molecule has 69 heavy (non-hydrogen) atoms. The van der Waals surface area contributed by atoms with E-state index in [1.54, 1.807) is 0 Å². The third-order valence-electron chi connectivity index (χ3n) is 14.1. The van der Waals surface area contributed by atoms with E-state index in [1.807, 2.05) is 6.20 Å². The van der Waals surface area contributed by atoms with Gasteiger partial charge < -0.3 is 18.9 Å². The third kappa shape index (κ3) is 7.97. The molecule has 6 nitrogen and oxygen atoms in total. The van der Waals surface area contributed by atoms with E-state index >= 15 is 0 Å². The number of para-hydroxylation sites is 1. The number of anilines is 4. The maximum absolute atomic E-state index is 5.27. The van der Waals surface area contributed by atoms with Gasteiger partial charge in [-0.1, -0.05) is 126 Å². The smallest absolute Gasteiger partial charge is 0.135 e. The molecule has 0 radical (unpaired) electrons. The molecule has 2 aliphatic heterocycles. The van der Waals surface area contributed by atoms with Crippen LogP contribution in [-0.4, -0.2) is 19.1 Å². The summed E-state index contributed by atoms with van der Waals surface area (Å²) >= 11 is 0. The zero-order valence-corrected chi connectivity index (χ0v) is 42.4. The molecule has 0 unspecified atom stereocenters. The minimum absolute atomic E-state index is 0. The van der Waals surface area contributed by atoms with Crippen molar-refractivity contribution in [3.8, 4) is 28.1 Å². The Kier molecular flexibility index (Phi) is 11.2. The molecule has 3 aromatic heterocycles. The minimum Gasteiger partial charge on any atom is -0.493 e. The second-order valence-corrected chi connectivity index (χ2v) is 20.7. The molecule has 0 bridgehead atoms. The average Bonchev–Trinajstić information content (AvgIpc) is 4.02. The van der Waals surface area contributed by atoms with Crippen LogP contribution < -0.4 is 9.80 Å². The number of nitrogens with zero attached hydrogens (tertiary/aromatic N) is 6. The van der Waals surface area contributed by atoms with Gasteiger partial charge in [0.1, 0.15) is 11.6 Å². The van der Waals surface area contributed by atoms with Gasteiger partial charge in [0.25, 0.3) is 0 Å². The Labute approximate surface area is 420 Å². The van der Waals surface area contributed by atoms with Gasteiger partial charge >= 0.3 is 0 Å². The molecule has 10 aromatic rings. The molecule has 0 amide bonds. The first kappa shape index (κ1) is 44.7. The molecule has 346 valence electrons. The number of aromatic nitrogens is 4. The van der Waals surface area contributed by atoms with Gasteiger partial charge in [0.2, 0.25) is 0 Å². The van der Waals surface area contributed by atoms with Crippen LogP contribution in [0.15, 0.2) is 158 Å². The predicted octanol–water partition coefficient (Wildman–Crippen LogP) is 15.4. The summed E-state index contributed by atoms with van der Waals surface area (Å²) < 4.78 is 4.74. The van der Waals surface area contributed by atoms with E-state index in [2.05, 4.69) is 231 Å². The number of imidazole rings is 1. The summed E-state index contributed by atoms with van der Waals surface area (Å²) in [5.41, 5.74) is 18.1. The molecule has 0 saturated heterocycles. The molecule has 0 fully saturated rings. The first-order valence-electron chi connectivity index (χ1n) is 24.1. The van der Waals surface area contributed by atoms with Gasteiger partial charge in [-0.15, -0.1) is 17.7 Å². The van der Waals surface area contributed by atoms with Gasteiger partial charge in [0.05, 0.1) is 11.0 Å². The van der Waals surface area contributed by atoms with E-state index < -0.39 is 0 Å². The van der Waals surface area contributed by atoms with Crippen LogP contribution in [0.5, 0.6) is 0 Å². The van der Waals surface area contributed by atoms with Gasteiger partial charge in [0.15, 0.2) is 0 Å². The number of hydrogen-bond acceptors (Lipinski definition) is 4. The summed E-state index contributed by atoms with van der Waals surface area (Å²) in [6, 6.07) is 63.2. The van der Waals surface area contributed by atoms with Crippen LogP contribution >= 0.6 is 0 Å². The molecule has 0 spiro atoms. The summed E-state index contributed by atoms with van der Waals surface area (Å²) in [4.78, 5) is 15.0. The van der Waals surface area contributed by atoms with Crippen molar-refractivity contribution in [2.24, 2.45) is 0 Å². The first-order chi connectivity index (χ1) is 33.0. The van der Waals surface area contributed by atoms with Crippen LogP contribution in [0.2, 0.25) is 0 Å². The van der Waals surface area contributed by atoms with Gasteiger partial charge in [-0.3, -0.25) is 0 Å². The molecule has 7 aromatic carbocycles. The number of benzene rings is 7. The minimum atomic E-state index is -0.0742. The van der Waals surface area contributed by atoms with Crippen molar-refractivity contribution in [3.63, 3.8) is 0 Å². The van der Waals surface area contributed by atoms with Gasteiger partial charge in [-0.25, -0.2) is 9.97 Å². The topological polar surface area (TPSA) is 42.1 Å². The maximum Gasteiger partial charge on any atom is 0.135 e. The van der Waals surface area contributed by atoms with Crippen molar-refractivity contribution in [1.82, 2.24) is 19.1 Å². The van der Waals surface area contributed by atoms with Gasteiger partial charge in [0, 0.05) is 73.9 Å². The van der Waals surface area contributed by atoms with Crippen molar-refractivity contribution >= 4 is 55.6 Å². The summed E-state index contributed by atoms with van der Waals surface area (Å²) in [5.74, 6) is 2.09. The van der Waals surface area contributed by atoms with Crippen molar-refractivity contribution in [3.05, 3.63) is 205 Å².